The molecule has 1 saturated heterocycles. The first-order valence-electron chi connectivity index (χ1n) is 11.6. The number of nitrogens with one attached hydrogen (secondary N) is 1. The van der Waals surface area contributed by atoms with Gasteiger partial charge < -0.3 is 19.9 Å². The number of ether oxygens (including phenoxy) is 1. The lowest BCUT2D eigenvalue weighted by Gasteiger charge is -2.35. The van der Waals surface area contributed by atoms with Crippen molar-refractivity contribution in [2.75, 3.05) is 45.7 Å². The molecule has 1 aliphatic heterocycles. The van der Waals surface area contributed by atoms with Gasteiger partial charge in [0.2, 0.25) is 11.8 Å². The van der Waals surface area contributed by atoms with Gasteiger partial charge in [-0.3, -0.25) is 4.79 Å². The van der Waals surface area contributed by atoms with Crippen molar-refractivity contribution in [1.29, 1.82) is 0 Å². The molecular formula is C25H32N6O2. The highest BCUT2D eigenvalue weighted by molar-refractivity contribution is 5.94. The van der Waals surface area contributed by atoms with Gasteiger partial charge in [0.1, 0.15) is 18.2 Å². The molecule has 0 aliphatic carbocycles. The van der Waals surface area contributed by atoms with Gasteiger partial charge in [-0.1, -0.05) is 25.8 Å². The number of likely N-dealkylation sites (N-methyl/N-ethyl adjacent to an activating group) is 1. The predicted octanol–water partition coefficient (Wildman–Crippen LogP) is 3.45. The Bertz CT molecular complexity index is 1080. The molecule has 1 aliphatic rings. The summed E-state index contributed by atoms with van der Waals surface area (Å²) in [6.45, 7) is 5.48. The third-order valence-electron chi connectivity index (χ3n) is 6.18. The molecule has 8 nitrogen and oxygen atoms in total. The maximum absolute atomic E-state index is 13.4. The fourth-order valence-corrected chi connectivity index (χ4v) is 4.10. The van der Waals surface area contributed by atoms with E-state index in [0.29, 0.717) is 11.7 Å². The summed E-state index contributed by atoms with van der Waals surface area (Å²) >= 11 is 0. The molecule has 3 heterocycles. The van der Waals surface area contributed by atoms with Crippen LogP contribution in [-0.2, 0) is 4.79 Å². The van der Waals surface area contributed by atoms with Crippen LogP contribution in [0.2, 0.25) is 0 Å². The first-order chi connectivity index (χ1) is 16.1. The lowest BCUT2D eigenvalue weighted by atomic mass is 10.0. The molecule has 2 aromatic heterocycles. The van der Waals surface area contributed by atoms with Crippen molar-refractivity contribution in [3.05, 3.63) is 42.9 Å². The summed E-state index contributed by atoms with van der Waals surface area (Å²) in [4.78, 5) is 30.9. The predicted molar refractivity (Wildman–Crippen MR) is 130 cm³/mol. The minimum absolute atomic E-state index is 0.152. The van der Waals surface area contributed by atoms with Crippen molar-refractivity contribution < 1.29 is 9.53 Å². The number of amides is 1. The van der Waals surface area contributed by atoms with Crippen LogP contribution in [0.5, 0.6) is 5.88 Å². The lowest BCUT2D eigenvalue weighted by molar-refractivity contribution is -0.133. The maximum Gasteiger partial charge on any atom is 0.245 e. The summed E-state index contributed by atoms with van der Waals surface area (Å²) in [6.07, 6.45) is 6.12. The molecule has 1 fully saturated rings. The van der Waals surface area contributed by atoms with Crippen molar-refractivity contribution >= 4 is 22.6 Å². The van der Waals surface area contributed by atoms with Crippen LogP contribution >= 0.6 is 0 Å². The second-order valence-corrected chi connectivity index (χ2v) is 8.51. The Balaban J connectivity index is 1.62. The van der Waals surface area contributed by atoms with Gasteiger partial charge in [0.15, 0.2) is 0 Å². The number of anilines is 1. The van der Waals surface area contributed by atoms with Gasteiger partial charge in [-0.05, 0) is 37.2 Å². The van der Waals surface area contributed by atoms with E-state index in [4.69, 9.17) is 4.74 Å². The Labute approximate surface area is 195 Å². The van der Waals surface area contributed by atoms with E-state index in [1.807, 2.05) is 29.2 Å². The number of hydrogen-bond donors (Lipinski definition) is 1. The molecule has 0 saturated carbocycles. The van der Waals surface area contributed by atoms with E-state index < -0.39 is 0 Å². The Morgan fingerprint density at radius 1 is 1.09 bits per heavy atom. The van der Waals surface area contributed by atoms with Crippen molar-refractivity contribution in [3.8, 4) is 17.0 Å². The number of aromatic nitrogens is 3. The number of benzene rings is 1. The first kappa shape index (κ1) is 22.9. The highest BCUT2D eigenvalue weighted by atomic mass is 16.5. The number of nitrogens with zero attached hydrogens (tertiary/aromatic N) is 5. The monoisotopic (exact) mass is 448 g/mol. The molecule has 0 unspecified atom stereocenters. The summed E-state index contributed by atoms with van der Waals surface area (Å²) in [5.41, 5.74) is 2.81. The summed E-state index contributed by atoms with van der Waals surface area (Å²) < 4.78 is 5.17. The number of methoxy groups -OCH3 is 1. The van der Waals surface area contributed by atoms with E-state index in [-0.39, 0.29) is 11.9 Å². The largest absolute Gasteiger partial charge is 0.481 e. The van der Waals surface area contributed by atoms with Gasteiger partial charge in [-0.2, -0.15) is 0 Å². The minimum Gasteiger partial charge on any atom is -0.481 e. The molecule has 3 aromatic rings. The second-order valence-electron chi connectivity index (χ2n) is 8.51. The maximum atomic E-state index is 13.4. The van der Waals surface area contributed by atoms with E-state index in [0.717, 1.165) is 67.5 Å². The molecule has 1 atom stereocenters. The highest BCUT2D eigenvalue weighted by Crippen LogP contribution is 2.28. The van der Waals surface area contributed by atoms with Crippen LogP contribution in [0, 0.1) is 0 Å². The smallest absolute Gasteiger partial charge is 0.245 e. The number of rotatable bonds is 8. The summed E-state index contributed by atoms with van der Waals surface area (Å²) in [7, 11) is 3.70. The molecule has 1 N–H and O–H groups in total. The topological polar surface area (TPSA) is 83.5 Å². The zero-order chi connectivity index (χ0) is 23.2. The molecule has 8 heteroatoms. The number of fused-ring (bicyclic) bond motifs is 1. The van der Waals surface area contributed by atoms with Gasteiger partial charge >= 0.3 is 0 Å². The molecule has 1 aromatic carbocycles. The van der Waals surface area contributed by atoms with Gasteiger partial charge in [-0.25, -0.2) is 15.0 Å². The van der Waals surface area contributed by atoms with Crippen LogP contribution in [0.15, 0.2) is 42.9 Å². The standard InChI is InChI=1S/C25H32N6O2/c1-4-5-6-22(25(32)31-13-11-30(2)12-14-31)29-24-20-15-18(7-9-21(20)27-17-28-24)19-8-10-23(33-3)26-16-19/h7-10,15-17,22H,4-6,11-14H2,1-3H3,(H,27,28,29)/t22-/m0/s1. The van der Waals surface area contributed by atoms with E-state index in [1.165, 1.54) is 0 Å². The SMILES string of the molecule is CCCC[C@H](Nc1ncnc2ccc(-c3ccc(OC)nc3)cc12)C(=O)N1CCN(C)CC1. The molecule has 174 valence electrons. The molecule has 33 heavy (non-hydrogen) atoms. The second kappa shape index (κ2) is 10.6. The Morgan fingerprint density at radius 2 is 1.88 bits per heavy atom. The zero-order valence-electron chi connectivity index (χ0n) is 19.6. The Hall–Kier alpha value is -3.26. The molecule has 0 spiro atoms. The molecule has 0 radical (unpaired) electrons. The average Bonchev–Trinajstić information content (AvgIpc) is 2.86. The van der Waals surface area contributed by atoms with Crippen LogP contribution in [-0.4, -0.2) is 77.0 Å². The van der Waals surface area contributed by atoms with Crippen LogP contribution < -0.4 is 10.1 Å². The lowest BCUT2D eigenvalue weighted by Crippen LogP contribution is -2.51. The molecule has 4 rings (SSSR count). The van der Waals surface area contributed by atoms with Crippen molar-refractivity contribution in [3.63, 3.8) is 0 Å². The van der Waals surface area contributed by atoms with Crippen LogP contribution in [0.4, 0.5) is 5.82 Å². The van der Waals surface area contributed by atoms with Crippen molar-refractivity contribution in [2.24, 2.45) is 0 Å². The number of pyridine rings is 1. The van der Waals surface area contributed by atoms with E-state index >= 15 is 0 Å². The zero-order valence-corrected chi connectivity index (χ0v) is 19.6. The number of piperazine rings is 1. The normalized spacial score (nSPS) is 15.4. The fourth-order valence-electron chi connectivity index (χ4n) is 4.10. The quantitative estimate of drug-likeness (QED) is 0.565. The minimum atomic E-state index is -0.308. The van der Waals surface area contributed by atoms with Crippen LogP contribution in [0.1, 0.15) is 26.2 Å². The number of unbranched alkanes of at least 4 members (excludes halogenated alkanes) is 1. The van der Waals surface area contributed by atoms with Crippen LogP contribution in [0.3, 0.4) is 0 Å². The van der Waals surface area contributed by atoms with Gasteiger partial charge in [0.05, 0.1) is 12.6 Å². The average molecular weight is 449 g/mol. The van der Waals surface area contributed by atoms with E-state index in [2.05, 4.69) is 45.2 Å². The third-order valence-corrected chi connectivity index (χ3v) is 6.18. The molecule has 1 amide bonds. The summed E-state index contributed by atoms with van der Waals surface area (Å²) in [5, 5.41) is 4.36. The van der Waals surface area contributed by atoms with Crippen LogP contribution in [0.25, 0.3) is 22.0 Å². The Morgan fingerprint density at radius 3 is 2.58 bits per heavy atom. The van der Waals surface area contributed by atoms with E-state index in [9.17, 15) is 4.79 Å². The molecule has 0 bridgehead atoms. The number of carbonyl (C=O) groups excluding carboxylic acids is 1. The summed E-state index contributed by atoms with van der Waals surface area (Å²) in [5.74, 6) is 1.41. The van der Waals surface area contributed by atoms with Crippen molar-refractivity contribution in [2.45, 2.75) is 32.2 Å². The summed E-state index contributed by atoms with van der Waals surface area (Å²) in [6, 6.07) is 9.56. The fraction of sp³-hybridized carbons (Fsp3) is 0.440. The number of hydrogen-bond acceptors (Lipinski definition) is 7. The number of carbonyl (C=O) groups is 1. The first-order valence-corrected chi connectivity index (χ1v) is 11.6. The Kier molecular flexibility index (Phi) is 7.34. The van der Waals surface area contributed by atoms with Crippen molar-refractivity contribution in [1.82, 2.24) is 24.8 Å². The highest BCUT2D eigenvalue weighted by Gasteiger charge is 2.27. The van der Waals surface area contributed by atoms with E-state index in [1.54, 1.807) is 19.6 Å². The van der Waals surface area contributed by atoms with Gasteiger partial charge in [0, 0.05) is 49.4 Å². The van der Waals surface area contributed by atoms with Gasteiger partial charge in [-0.15, -0.1) is 0 Å². The third kappa shape index (κ3) is 5.39. The van der Waals surface area contributed by atoms with Gasteiger partial charge in [0.25, 0.3) is 0 Å². The molecular weight excluding hydrogens is 416 g/mol.